The van der Waals surface area contributed by atoms with E-state index in [0.29, 0.717) is 11.4 Å². The highest BCUT2D eigenvalue weighted by atomic mass is 16.1. The number of carbonyl (C=O) groups is 1. The number of aromatic nitrogens is 2. The number of fused-ring (bicyclic) bond motifs is 1. The van der Waals surface area contributed by atoms with Crippen molar-refractivity contribution in [3.05, 3.63) is 42.5 Å². The van der Waals surface area contributed by atoms with E-state index in [-0.39, 0.29) is 5.91 Å². The highest BCUT2D eigenvalue weighted by Gasteiger charge is 2.04. The van der Waals surface area contributed by atoms with E-state index < -0.39 is 0 Å². The van der Waals surface area contributed by atoms with Crippen molar-refractivity contribution in [3.8, 4) is 0 Å². The Kier molecular flexibility index (Phi) is 2.64. The minimum Gasteiger partial charge on any atom is -0.305 e. The molecule has 2 aromatic rings. The Labute approximate surface area is 93.0 Å². The molecule has 4 nitrogen and oxygen atoms in total. The summed E-state index contributed by atoms with van der Waals surface area (Å²) in [6.45, 7) is 5.20. The largest absolute Gasteiger partial charge is 0.305 e. The predicted octanol–water partition coefficient (Wildman–Crippen LogP) is 2.14. The number of anilines is 1. The lowest BCUT2D eigenvalue weighted by Crippen LogP contribution is -2.13. The van der Waals surface area contributed by atoms with Crippen LogP contribution in [0.5, 0.6) is 0 Å². The van der Waals surface area contributed by atoms with Crippen molar-refractivity contribution in [2.75, 3.05) is 5.32 Å². The van der Waals surface area contributed by atoms with Crippen LogP contribution in [-0.2, 0) is 4.79 Å². The average Bonchev–Trinajstić information content (AvgIpc) is 2.28. The normalized spacial score (nSPS) is 10.1. The molecular weight excluding hydrogens is 202 g/mol. The molecule has 0 aliphatic heterocycles. The molecule has 1 amide bonds. The van der Waals surface area contributed by atoms with Gasteiger partial charge < -0.3 is 5.32 Å². The smallest absolute Gasteiger partial charge is 0.251 e. The molecular formula is C12H11N3O. The fourth-order valence-corrected chi connectivity index (χ4v) is 1.27. The maximum Gasteiger partial charge on any atom is 0.251 e. The monoisotopic (exact) mass is 213 g/mol. The van der Waals surface area contributed by atoms with Crippen molar-refractivity contribution in [2.24, 2.45) is 0 Å². The van der Waals surface area contributed by atoms with Gasteiger partial charge in [0.1, 0.15) is 0 Å². The molecule has 4 heteroatoms. The van der Waals surface area contributed by atoms with Gasteiger partial charge in [-0.2, -0.15) is 0 Å². The van der Waals surface area contributed by atoms with Crippen LogP contribution >= 0.6 is 0 Å². The second kappa shape index (κ2) is 4.10. The maximum absolute atomic E-state index is 11.4. The van der Waals surface area contributed by atoms with Gasteiger partial charge in [-0.1, -0.05) is 24.8 Å². The Balaban J connectivity index is 2.33. The molecule has 0 spiro atoms. The second-order valence-corrected chi connectivity index (χ2v) is 3.52. The lowest BCUT2D eigenvalue weighted by atomic mass is 10.2. The van der Waals surface area contributed by atoms with Gasteiger partial charge in [0.05, 0.1) is 5.52 Å². The summed E-state index contributed by atoms with van der Waals surface area (Å²) in [6.07, 6.45) is 0. The predicted molar refractivity (Wildman–Crippen MR) is 63.0 cm³/mol. The molecule has 0 bridgehead atoms. The van der Waals surface area contributed by atoms with Gasteiger partial charge >= 0.3 is 0 Å². The van der Waals surface area contributed by atoms with Gasteiger partial charge in [-0.25, -0.2) is 0 Å². The second-order valence-electron chi connectivity index (χ2n) is 3.52. The molecule has 1 N–H and O–H groups in total. The molecule has 80 valence electrons. The van der Waals surface area contributed by atoms with E-state index >= 15 is 0 Å². The number of carbonyl (C=O) groups excluding carboxylic acids is 1. The lowest BCUT2D eigenvalue weighted by Gasteiger charge is -2.03. The van der Waals surface area contributed by atoms with Crippen LogP contribution in [-0.4, -0.2) is 16.1 Å². The van der Waals surface area contributed by atoms with Crippen LogP contribution in [0.2, 0.25) is 0 Å². The van der Waals surface area contributed by atoms with Crippen molar-refractivity contribution in [2.45, 2.75) is 6.92 Å². The van der Waals surface area contributed by atoms with Crippen molar-refractivity contribution in [1.29, 1.82) is 0 Å². The number of benzene rings is 1. The van der Waals surface area contributed by atoms with Crippen LogP contribution < -0.4 is 5.32 Å². The van der Waals surface area contributed by atoms with Gasteiger partial charge in [0.2, 0.25) is 0 Å². The zero-order chi connectivity index (χ0) is 11.5. The number of amides is 1. The summed E-state index contributed by atoms with van der Waals surface area (Å²) in [5.74, 6) is 0.191. The third kappa shape index (κ3) is 2.06. The van der Waals surface area contributed by atoms with Crippen molar-refractivity contribution < 1.29 is 4.79 Å². The summed E-state index contributed by atoms with van der Waals surface area (Å²) < 4.78 is 0. The standard InChI is InChI=1S/C12H11N3O/c1-8(2)12(16)13-11-7-9-5-3-4-6-10(9)14-15-11/h3-7H,1H2,2H3,(H,13,15,16). The molecule has 2 rings (SSSR count). The van der Waals surface area contributed by atoms with Crippen molar-refractivity contribution in [1.82, 2.24) is 10.2 Å². The van der Waals surface area contributed by atoms with E-state index in [4.69, 9.17) is 0 Å². The Hall–Kier alpha value is -2.23. The van der Waals surface area contributed by atoms with Crippen LogP contribution in [0.3, 0.4) is 0 Å². The molecule has 0 aliphatic carbocycles. The number of nitrogens with zero attached hydrogens (tertiary/aromatic N) is 2. The summed E-state index contributed by atoms with van der Waals surface area (Å²) in [6, 6.07) is 9.37. The lowest BCUT2D eigenvalue weighted by molar-refractivity contribution is -0.112. The average molecular weight is 213 g/mol. The Bertz CT molecular complexity index is 563. The zero-order valence-corrected chi connectivity index (χ0v) is 8.90. The highest BCUT2D eigenvalue weighted by molar-refractivity contribution is 6.02. The first-order chi connectivity index (χ1) is 7.66. The fourth-order valence-electron chi connectivity index (χ4n) is 1.27. The molecule has 0 atom stereocenters. The third-order valence-corrected chi connectivity index (χ3v) is 2.12. The zero-order valence-electron chi connectivity index (χ0n) is 8.90. The minimum atomic E-state index is -0.246. The molecule has 0 radical (unpaired) electrons. The topological polar surface area (TPSA) is 54.9 Å². The number of rotatable bonds is 2. The van der Waals surface area contributed by atoms with E-state index in [2.05, 4.69) is 22.1 Å². The molecule has 16 heavy (non-hydrogen) atoms. The minimum absolute atomic E-state index is 0.246. The van der Waals surface area contributed by atoms with Gasteiger partial charge in [0.25, 0.3) is 5.91 Å². The number of hydrogen-bond donors (Lipinski definition) is 1. The van der Waals surface area contributed by atoms with E-state index in [9.17, 15) is 4.79 Å². The molecule has 0 unspecified atom stereocenters. The molecule has 0 fully saturated rings. The number of hydrogen-bond acceptors (Lipinski definition) is 3. The van der Waals surface area contributed by atoms with Crippen molar-refractivity contribution in [3.63, 3.8) is 0 Å². The molecule has 0 aliphatic rings. The van der Waals surface area contributed by atoms with Gasteiger partial charge in [-0.3, -0.25) is 4.79 Å². The molecule has 0 saturated carbocycles. The van der Waals surface area contributed by atoms with E-state index in [1.165, 1.54) is 0 Å². The van der Waals surface area contributed by atoms with Crippen LogP contribution in [0.25, 0.3) is 10.9 Å². The van der Waals surface area contributed by atoms with Crippen molar-refractivity contribution >= 4 is 22.6 Å². The van der Waals surface area contributed by atoms with Crippen LogP contribution in [0.15, 0.2) is 42.5 Å². The molecule has 1 heterocycles. The first-order valence-corrected chi connectivity index (χ1v) is 4.86. The van der Waals surface area contributed by atoms with Crippen LogP contribution in [0, 0.1) is 0 Å². The Morgan fingerprint density at radius 1 is 1.31 bits per heavy atom. The van der Waals surface area contributed by atoms with Gasteiger partial charge in [0.15, 0.2) is 5.82 Å². The molecule has 0 saturated heterocycles. The van der Waals surface area contributed by atoms with Gasteiger partial charge in [-0.05, 0) is 19.1 Å². The summed E-state index contributed by atoms with van der Waals surface area (Å²) in [7, 11) is 0. The fraction of sp³-hybridized carbons (Fsp3) is 0.0833. The first-order valence-electron chi connectivity index (χ1n) is 4.86. The Morgan fingerprint density at radius 3 is 2.81 bits per heavy atom. The van der Waals surface area contributed by atoms with Gasteiger partial charge in [-0.15, -0.1) is 10.2 Å². The molecule has 1 aromatic carbocycles. The quantitative estimate of drug-likeness (QED) is 0.777. The van der Waals surface area contributed by atoms with Crippen LogP contribution in [0.4, 0.5) is 5.82 Å². The van der Waals surface area contributed by atoms with E-state index in [0.717, 1.165) is 10.9 Å². The maximum atomic E-state index is 11.4. The highest BCUT2D eigenvalue weighted by Crippen LogP contribution is 2.13. The number of nitrogens with one attached hydrogen (secondary N) is 1. The summed E-state index contributed by atoms with van der Waals surface area (Å²) >= 11 is 0. The van der Waals surface area contributed by atoms with E-state index in [1.807, 2.05) is 24.3 Å². The molecule has 1 aromatic heterocycles. The first kappa shape index (κ1) is 10.3. The van der Waals surface area contributed by atoms with E-state index in [1.54, 1.807) is 13.0 Å². The van der Waals surface area contributed by atoms with Gasteiger partial charge in [0, 0.05) is 11.0 Å². The summed E-state index contributed by atoms with van der Waals surface area (Å²) in [5.41, 5.74) is 1.24. The SMILES string of the molecule is C=C(C)C(=O)Nc1cc2ccccc2nn1. The third-order valence-electron chi connectivity index (χ3n) is 2.12. The Morgan fingerprint density at radius 2 is 2.06 bits per heavy atom. The summed E-state index contributed by atoms with van der Waals surface area (Å²) in [5, 5.41) is 11.5. The summed E-state index contributed by atoms with van der Waals surface area (Å²) in [4.78, 5) is 11.4. The van der Waals surface area contributed by atoms with Crippen LogP contribution in [0.1, 0.15) is 6.92 Å².